The Morgan fingerprint density at radius 2 is 1.64 bits per heavy atom. The SMILES string of the molecule is C[O][Al]([CH2]Cc1ccc(C)cc1)[O]C. The van der Waals surface area contributed by atoms with Gasteiger partial charge in [-0.1, -0.05) is 29.8 Å². The molecule has 0 N–H and O–H groups in total. The van der Waals surface area contributed by atoms with Gasteiger partial charge in [0, 0.05) is 14.2 Å². The molecule has 14 heavy (non-hydrogen) atoms. The first-order valence-electron chi connectivity index (χ1n) is 4.87. The van der Waals surface area contributed by atoms with Gasteiger partial charge in [0.1, 0.15) is 0 Å². The zero-order chi connectivity index (χ0) is 10.4. The molecule has 0 aliphatic rings. The smallest absolute Gasteiger partial charge is 0.481 e. The van der Waals surface area contributed by atoms with Crippen molar-refractivity contribution in [2.75, 3.05) is 14.2 Å². The zero-order valence-electron chi connectivity index (χ0n) is 9.12. The van der Waals surface area contributed by atoms with Crippen molar-refractivity contribution in [1.29, 1.82) is 0 Å². The molecule has 0 heterocycles. The second kappa shape index (κ2) is 6.21. The lowest BCUT2D eigenvalue weighted by molar-refractivity contribution is 0.277. The highest BCUT2D eigenvalue weighted by Gasteiger charge is 2.20. The Morgan fingerprint density at radius 1 is 1.07 bits per heavy atom. The van der Waals surface area contributed by atoms with Crippen molar-refractivity contribution in [2.45, 2.75) is 18.6 Å². The first kappa shape index (κ1) is 11.7. The van der Waals surface area contributed by atoms with Gasteiger partial charge >= 0.3 is 14.8 Å². The molecule has 3 heteroatoms. The molecule has 0 radical (unpaired) electrons. The van der Waals surface area contributed by atoms with Crippen LogP contribution in [0, 0.1) is 6.92 Å². The Balaban J connectivity index is 2.41. The van der Waals surface area contributed by atoms with Crippen LogP contribution in [0.1, 0.15) is 11.1 Å². The summed E-state index contributed by atoms with van der Waals surface area (Å²) in [4.78, 5) is 0. The van der Waals surface area contributed by atoms with Crippen molar-refractivity contribution in [3.63, 3.8) is 0 Å². The van der Waals surface area contributed by atoms with Crippen LogP contribution in [-0.2, 0) is 14.0 Å². The van der Waals surface area contributed by atoms with Crippen LogP contribution in [-0.4, -0.2) is 29.0 Å². The van der Waals surface area contributed by atoms with E-state index >= 15 is 0 Å². The molecule has 0 fully saturated rings. The first-order chi connectivity index (χ1) is 6.76. The largest absolute Gasteiger partial charge is 0.674 e. The quantitative estimate of drug-likeness (QED) is 0.691. The summed E-state index contributed by atoms with van der Waals surface area (Å²) >= 11 is -1.37. The van der Waals surface area contributed by atoms with Crippen LogP contribution in [0.3, 0.4) is 0 Å². The zero-order valence-corrected chi connectivity index (χ0v) is 10.3. The summed E-state index contributed by atoms with van der Waals surface area (Å²) in [5.74, 6) is 0. The molecule has 0 atom stereocenters. The standard InChI is InChI=1S/C9H11.2CH3O.Al/c1-3-9-6-4-8(2)5-7-9;2*1-2;/h4-7H,1,3H2,2H3;2*1H3;/q;2*-1;+2. The molecule has 0 saturated heterocycles. The van der Waals surface area contributed by atoms with Crippen LogP contribution >= 0.6 is 0 Å². The van der Waals surface area contributed by atoms with Gasteiger partial charge in [0.15, 0.2) is 0 Å². The Labute approximate surface area is 90.9 Å². The summed E-state index contributed by atoms with van der Waals surface area (Å²) in [7, 11) is 3.46. The van der Waals surface area contributed by atoms with Gasteiger partial charge in [0.25, 0.3) is 0 Å². The topological polar surface area (TPSA) is 18.5 Å². The van der Waals surface area contributed by atoms with Crippen molar-refractivity contribution in [1.82, 2.24) is 0 Å². The fourth-order valence-electron chi connectivity index (χ4n) is 1.37. The molecule has 1 aromatic carbocycles. The van der Waals surface area contributed by atoms with E-state index in [-0.39, 0.29) is 0 Å². The van der Waals surface area contributed by atoms with E-state index in [4.69, 9.17) is 7.58 Å². The van der Waals surface area contributed by atoms with E-state index in [1.165, 1.54) is 11.1 Å². The number of benzene rings is 1. The highest BCUT2D eigenvalue weighted by Crippen LogP contribution is 2.08. The molecular weight excluding hydrogens is 191 g/mol. The molecule has 0 aliphatic carbocycles. The van der Waals surface area contributed by atoms with Gasteiger partial charge < -0.3 is 7.58 Å². The maximum absolute atomic E-state index is 5.26. The average Bonchev–Trinajstić information content (AvgIpc) is 2.22. The summed E-state index contributed by atoms with van der Waals surface area (Å²) in [6, 6.07) is 8.63. The number of hydrogen-bond donors (Lipinski definition) is 0. The molecule has 0 amide bonds. The maximum atomic E-state index is 5.26. The fourth-order valence-corrected chi connectivity index (χ4v) is 2.60. The molecule has 0 spiro atoms. The maximum Gasteiger partial charge on any atom is 0.674 e. The number of hydrogen-bond acceptors (Lipinski definition) is 2. The van der Waals surface area contributed by atoms with E-state index in [0.29, 0.717) is 0 Å². The number of rotatable bonds is 5. The van der Waals surface area contributed by atoms with Gasteiger partial charge in [0.2, 0.25) is 0 Å². The Morgan fingerprint density at radius 3 is 2.14 bits per heavy atom. The predicted molar refractivity (Wildman–Crippen MR) is 59.5 cm³/mol. The molecule has 0 aromatic heterocycles. The van der Waals surface area contributed by atoms with Crippen LogP contribution in [0.2, 0.25) is 5.28 Å². The Kier molecular flexibility index (Phi) is 5.21. The molecule has 2 nitrogen and oxygen atoms in total. The fraction of sp³-hybridized carbons (Fsp3) is 0.455. The third-order valence-corrected chi connectivity index (χ3v) is 4.13. The second-order valence-corrected chi connectivity index (χ2v) is 5.80. The molecule has 0 unspecified atom stereocenters. The van der Waals surface area contributed by atoms with Crippen LogP contribution in [0.25, 0.3) is 0 Å². The van der Waals surface area contributed by atoms with Crippen LogP contribution < -0.4 is 0 Å². The van der Waals surface area contributed by atoms with Crippen LogP contribution in [0.4, 0.5) is 0 Å². The minimum atomic E-state index is -1.37. The highest BCUT2D eigenvalue weighted by atomic mass is 27.2. The summed E-state index contributed by atoms with van der Waals surface area (Å²) in [5.41, 5.74) is 2.67. The lowest BCUT2D eigenvalue weighted by Gasteiger charge is -2.06. The van der Waals surface area contributed by atoms with Crippen molar-refractivity contribution in [3.8, 4) is 0 Å². The number of aryl methyl sites for hydroxylation is 2. The molecular formula is C11H17AlO2. The molecule has 0 aliphatic heterocycles. The van der Waals surface area contributed by atoms with Gasteiger partial charge in [0.05, 0.1) is 0 Å². The van der Waals surface area contributed by atoms with Crippen molar-refractivity contribution in [3.05, 3.63) is 35.4 Å². The summed E-state index contributed by atoms with van der Waals surface area (Å²) in [6.07, 6.45) is 1.05. The van der Waals surface area contributed by atoms with Gasteiger partial charge in [-0.15, -0.1) is 0 Å². The lowest BCUT2D eigenvalue weighted by atomic mass is 10.1. The summed E-state index contributed by atoms with van der Waals surface area (Å²) < 4.78 is 10.5. The minimum Gasteiger partial charge on any atom is -0.481 e. The van der Waals surface area contributed by atoms with Gasteiger partial charge in [-0.05, 0) is 24.2 Å². The molecule has 1 rings (SSSR count). The molecule has 1 aromatic rings. The summed E-state index contributed by atoms with van der Waals surface area (Å²) in [5, 5.41) is 1.04. The highest BCUT2D eigenvalue weighted by molar-refractivity contribution is 6.44. The molecule has 76 valence electrons. The van der Waals surface area contributed by atoms with Crippen molar-refractivity contribution in [2.24, 2.45) is 0 Å². The lowest BCUT2D eigenvalue weighted by Crippen LogP contribution is -2.19. The second-order valence-electron chi connectivity index (χ2n) is 3.43. The van der Waals surface area contributed by atoms with E-state index in [1.54, 1.807) is 14.2 Å². The van der Waals surface area contributed by atoms with E-state index in [0.717, 1.165) is 11.7 Å². The van der Waals surface area contributed by atoms with Crippen molar-refractivity contribution < 1.29 is 7.58 Å². The summed E-state index contributed by atoms with van der Waals surface area (Å²) in [6.45, 7) is 2.10. The molecule has 0 bridgehead atoms. The van der Waals surface area contributed by atoms with E-state index in [2.05, 4.69) is 31.2 Å². The van der Waals surface area contributed by atoms with E-state index in [9.17, 15) is 0 Å². The monoisotopic (exact) mass is 208 g/mol. The molecule has 0 saturated carbocycles. The Hall–Kier alpha value is -0.328. The first-order valence-corrected chi connectivity index (χ1v) is 6.63. The third kappa shape index (κ3) is 3.81. The van der Waals surface area contributed by atoms with E-state index < -0.39 is 14.8 Å². The van der Waals surface area contributed by atoms with Crippen LogP contribution in [0.5, 0.6) is 0 Å². The van der Waals surface area contributed by atoms with Gasteiger partial charge in [-0.2, -0.15) is 0 Å². The van der Waals surface area contributed by atoms with Crippen molar-refractivity contribution >= 4 is 14.8 Å². The minimum absolute atomic E-state index is 1.04. The third-order valence-electron chi connectivity index (χ3n) is 2.32. The Bertz CT molecular complexity index is 254. The van der Waals surface area contributed by atoms with Crippen LogP contribution in [0.15, 0.2) is 24.3 Å². The predicted octanol–water partition coefficient (Wildman–Crippen LogP) is 2.32. The van der Waals surface area contributed by atoms with E-state index in [1.807, 2.05) is 0 Å². The van der Waals surface area contributed by atoms with Gasteiger partial charge in [-0.25, -0.2) is 0 Å². The normalized spacial score (nSPS) is 10.2. The van der Waals surface area contributed by atoms with Gasteiger partial charge in [-0.3, -0.25) is 0 Å². The average molecular weight is 208 g/mol.